The van der Waals surface area contributed by atoms with Gasteiger partial charge in [0.05, 0.1) is 5.75 Å². The summed E-state index contributed by atoms with van der Waals surface area (Å²) in [5.74, 6) is -0.158. The summed E-state index contributed by atoms with van der Waals surface area (Å²) in [6, 6.07) is 0. The molecule has 25 heavy (non-hydrogen) atoms. The fourth-order valence-corrected chi connectivity index (χ4v) is 3.56. The highest BCUT2D eigenvalue weighted by Crippen LogP contribution is 2.12. The van der Waals surface area contributed by atoms with E-state index in [1.54, 1.807) is 0 Å². The number of unbranched alkanes of at least 4 members (excludes halogenated alkanes) is 14. The average molecular weight is 379 g/mol. The van der Waals surface area contributed by atoms with E-state index in [1.807, 2.05) is 0 Å². The van der Waals surface area contributed by atoms with Crippen LogP contribution in [0.4, 0.5) is 0 Å². The van der Waals surface area contributed by atoms with Gasteiger partial charge < -0.3 is 4.74 Å². The third-order valence-corrected chi connectivity index (χ3v) is 5.39. The summed E-state index contributed by atoms with van der Waals surface area (Å²) in [5, 5.41) is 0. The van der Waals surface area contributed by atoms with Crippen LogP contribution in [0.5, 0.6) is 0 Å². The van der Waals surface area contributed by atoms with Gasteiger partial charge in [0.25, 0.3) is 10.1 Å². The molecule has 1 N–H and O–H groups in total. The van der Waals surface area contributed by atoms with Crippen LogP contribution in [0.1, 0.15) is 110 Å². The normalized spacial score (nSPS) is 11.9. The van der Waals surface area contributed by atoms with Crippen LogP contribution in [0.25, 0.3) is 0 Å². The highest BCUT2D eigenvalue weighted by Gasteiger charge is 2.02. The van der Waals surface area contributed by atoms with Gasteiger partial charge in [-0.05, 0) is 19.3 Å². The molecule has 0 rings (SSSR count). The van der Waals surface area contributed by atoms with Crippen LogP contribution < -0.4 is 0 Å². The zero-order valence-electron chi connectivity index (χ0n) is 16.5. The Kier molecular flexibility index (Phi) is 18.6. The summed E-state index contributed by atoms with van der Waals surface area (Å²) in [7, 11) is -3.80. The first-order valence-corrected chi connectivity index (χ1v) is 12.2. The van der Waals surface area contributed by atoms with Crippen molar-refractivity contribution in [2.75, 3.05) is 19.0 Å². The molecule has 0 atom stereocenters. The fourth-order valence-electron chi connectivity index (χ4n) is 2.99. The van der Waals surface area contributed by atoms with E-state index in [-0.39, 0.29) is 5.75 Å². The molecule has 0 unspecified atom stereocenters. The Balaban J connectivity index is 3.03. The van der Waals surface area contributed by atoms with Crippen LogP contribution >= 0.6 is 0 Å². The monoisotopic (exact) mass is 378 g/mol. The Hall–Kier alpha value is -0.130. The van der Waals surface area contributed by atoms with Gasteiger partial charge in [0.2, 0.25) is 0 Å². The molecule has 0 aromatic rings. The first kappa shape index (κ1) is 24.9. The first-order valence-electron chi connectivity index (χ1n) is 10.6. The Morgan fingerprint density at radius 2 is 0.960 bits per heavy atom. The molecule has 0 saturated carbocycles. The molecule has 0 amide bonds. The van der Waals surface area contributed by atoms with Crippen LogP contribution in [0, 0.1) is 0 Å². The average Bonchev–Trinajstić information content (AvgIpc) is 2.56. The largest absolute Gasteiger partial charge is 0.381 e. The third kappa shape index (κ3) is 23.9. The second kappa shape index (κ2) is 18.7. The molecule has 0 radical (unpaired) electrons. The maximum Gasteiger partial charge on any atom is 0.264 e. The molecule has 0 aromatic heterocycles. The Morgan fingerprint density at radius 1 is 0.600 bits per heavy atom. The molecular formula is C20H42O4S. The predicted octanol–water partition coefficient (Wildman–Crippen LogP) is 6.15. The SMILES string of the molecule is CCCCCCCCCCCCCCCCOCCCCS(=O)(=O)O. The van der Waals surface area contributed by atoms with Gasteiger partial charge >= 0.3 is 0 Å². The van der Waals surface area contributed by atoms with Crippen molar-refractivity contribution in [3.05, 3.63) is 0 Å². The van der Waals surface area contributed by atoms with E-state index in [0.29, 0.717) is 19.4 Å². The smallest absolute Gasteiger partial charge is 0.264 e. The molecular weight excluding hydrogens is 336 g/mol. The van der Waals surface area contributed by atoms with Crippen molar-refractivity contribution in [1.82, 2.24) is 0 Å². The van der Waals surface area contributed by atoms with Crippen molar-refractivity contribution in [3.8, 4) is 0 Å². The molecule has 0 heterocycles. The van der Waals surface area contributed by atoms with Crippen molar-refractivity contribution < 1.29 is 17.7 Å². The summed E-state index contributed by atoms with van der Waals surface area (Å²) in [4.78, 5) is 0. The highest BCUT2D eigenvalue weighted by atomic mass is 32.2. The maximum absolute atomic E-state index is 10.5. The van der Waals surface area contributed by atoms with Crippen LogP contribution in [0.2, 0.25) is 0 Å². The quantitative estimate of drug-likeness (QED) is 0.204. The fraction of sp³-hybridized carbons (Fsp3) is 1.00. The second-order valence-corrected chi connectivity index (χ2v) is 8.77. The van der Waals surface area contributed by atoms with Crippen molar-refractivity contribution in [3.63, 3.8) is 0 Å². The molecule has 4 nitrogen and oxygen atoms in total. The van der Waals surface area contributed by atoms with E-state index in [9.17, 15) is 8.42 Å². The van der Waals surface area contributed by atoms with Gasteiger partial charge in [-0.15, -0.1) is 0 Å². The third-order valence-electron chi connectivity index (χ3n) is 4.58. The number of rotatable bonds is 20. The van der Waals surface area contributed by atoms with E-state index >= 15 is 0 Å². The summed E-state index contributed by atoms with van der Waals surface area (Å²) in [6.07, 6.45) is 20.1. The van der Waals surface area contributed by atoms with Gasteiger partial charge in [0.1, 0.15) is 0 Å². The zero-order chi connectivity index (χ0) is 18.6. The molecule has 0 aliphatic rings. The Morgan fingerprint density at radius 3 is 1.36 bits per heavy atom. The molecule has 0 saturated heterocycles. The molecule has 0 bridgehead atoms. The molecule has 0 fully saturated rings. The highest BCUT2D eigenvalue weighted by molar-refractivity contribution is 7.85. The van der Waals surface area contributed by atoms with E-state index < -0.39 is 10.1 Å². The maximum atomic E-state index is 10.5. The molecule has 0 aliphatic carbocycles. The molecule has 0 aromatic carbocycles. The van der Waals surface area contributed by atoms with Gasteiger partial charge in [-0.3, -0.25) is 4.55 Å². The van der Waals surface area contributed by atoms with E-state index in [2.05, 4.69) is 6.92 Å². The lowest BCUT2D eigenvalue weighted by Crippen LogP contribution is -2.05. The van der Waals surface area contributed by atoms with Gasteiger partial charge in [-0.25, -0.2) is 0 Å². The lowest BCUT2D eigenvalue weighted by atomic mass is 10.0. The standard InChI is InChI=1S/C20H42O4S/c1-2-3-4-5-6-7-8-9-10-11-12-13-14-15-18-24-19-16-17-20-25(21,22)23/h2-20H2,1H3,(H,21,22,23). The van der Waals surface area contributed by atoms with Gasteiger partial charge in [-0.2, -0.15) is 8.42 Å². The van der Waals surface area contributed by atoms with Crippen molar-refractivity contribution in [1.29, 1.82) is 0 Å². The summed E-state index contributed by atoms with van der Waals surface area (Å²) in [6.45, 7) is 3.63. The van der Waals surface area contributed by atoms with Crippen LogP contribution in [-0.2, 0) is 14.9 Å². The number of ether oxygens (including phenoxy) is 1. The van der Waals surface area contributed by atoms with E-state index in [1.165, 1.54) is 83.5 Å². The second-order valence-electron chi connectivity index (χ2n) is 7.20. The van der Waals surface area contributed by atoms with E-state index in [4.69, 9.17) is 9.29 Å². The van der Waals surface area contributed by atoms with Crippen molar-refractivity contribution >= 4 is 10.1 Å². The van der Waals surface area contributed by atoms with Gasteiger partial charge in [0.15, 0.2) is 0 Å². The lowest BCUT2D eigenvalue weighted by molar-refractivity contribution is 0.127. The topological polar surface area (TPSA) is 63.6 Å². The van der Waals surface area contributed by atoms with E-state index in [0.717, 1.165) is 13.0 Å². The van der Waals surface area contributed by atoms with Crippen LogP contribution in [0.15, 0.2) is 0 Å². The minimum absolute atomic E-state index is 0.158. The van der Waals surface area contributed by atoms with Crippen molar-refractivity contribution in [2.24, 2.45) is 0 Å². The molecule has 0 spiro atoms. The number of hydrogen-bond donors (Lipinski definition) is 1. The summed E-state index contributed by atoms with van der Waals surface area (Å²) in [5.41, 5.74) is 0. The lowest BCUT2D eigenvalue weighted by Gasteiger charge is -2.05. The van der Waals surface area contributed by atoms with Crippen LogP contribution in [0.3, 0.4) is 0 Å². The molecule has 152 valence electrons. The minimum Gasteiger partial charge on any atom is -0.381 e. The zero-order valence-corrected chi connectivity index (χ0v) is 17.3. The van der Waals surface area contributed by atoms with Crippen molar-refractivity contribution in [2.45, 2.75) is 110 Å². The summed E-state index contributed by atoms with van der Waals surface area (Å²) >= 11 is 0. The summed E-state index contributed by atoms with van der Waals surface area (Å²) < 4.78 is 35.1. The predicted molar refractivity (Wildman–Crippen MR) is 107 cm³/mol. The molecule has 0 aliphatic heterocycles. The Bertz CT molecular complexity index is 355. The van der Waals surface area contributed by atoms with Gasteiger partial charge in [-0.1, -0.05) is 90.4 Å². The van der Waals surface area contributed by atoms with Gasteiger partial charge in [0, 0.05) is 13.2 Å². The molecule has 5 heteroatoms. The first-order chi connectivity index (χ1) is 12.1. The Labute approximate surface area is 156 Å². The van der Waals surface area contributed by atoms with Crippen LogP contribution in [-0.4, -0.2) is 31.9 Å². The minimum atomic E-state index is -3.80. The number of hydrogen-bond acceptors (Lipinski definition) is 3.